The van der Waals surface area contributed by atoms with Crippen molar-refractivity contribution in [3.05, 3.63) is 65.1 Å². The summed E-state index contributed by atoms with van der Waals surface area (Å²) in [6.07, 6.45) is 3.58. The summed E-state index contributed by atoms with van der Waals surface area (Å²) in [7, 11) is 1.60. The third kappa shape index (κ3) is 4.11. The Balaban J connectivity index is 1.57. The van der Waals surface area contributed by atoms with Crippen LogP contribution in [-0.2, 0) is 6.54 Å². The van der Waals surface area contributed by atoms with Gasteiger partial charge < -0.3 is 15.4 Å². The number of hydrogen-bond acceptors (Lipinski definition) is 4. The van der Waals surface area contributed by atoms with Crippen LogP contribution in [-0.4, -0.2) is 18.1 Å². The molecule has 0 aliphatic heterocycles. The fraction of sp³-hybridized carbons (Fsp3) is 0.111. The van der Waals surface area contributed by atoms with E-state index < -0.39 is 0 Å². The van der Waals surface area contributed by atoms with Crippen LogP contribution in [0.15, 0.2) is 59.6 Å². The average Bonchev–Trinajstić information content (AvgIpc) is 3.16. The Kier molecular flexibility index (Phi) is 5.08. The molecule has 0 radical (unpaired) electrons. The van der Waals surface area contributed by atoms with E-state index in [1.165, 1.54) is 0 Å². The molecule has 0 unspecified atom stereocenters. The molecular formula is C18H17N3O2S. The lowest BCUT2D eigenvalue weighted by Gasteiger charge is -2.09. The number of anilines is 1. The first kappa shape index (κ1) is 16.0. The number of carbonyl (C=O) groups excluding carboxylic acids is 1. The van der Waals surface area contributed by atoms with Crippen LogP contribution in [0.4, 0.5) is 10.5 Å². The number of carbonyl (C=O) groups is 1. The van der Waals surface area contributed by atoms with Crippen LogP contribution in [0.25, 0.3) is 11.1 Å². The van der Waals surface area contributed by atoms with Gasteiger partial charge in [0.2, 0.25) is 0 Å². The van der Waals surface area contributed by atoms with Crippen molar-refractivity contribution in [2.75, 3.05) is 12.4 Å². The van der Waals surface area contributed by atoms with Crippen molar-refractivity contribution in [1.29, 1.82) is 0 Å². The number of nitrogens with zero attached hydrogens (tertiary/aromatic N) is 1. The van der Waals surface area contributed by atoms with Crippen molar-refractivity contribution in [3.8, 4) is 16.9 Å². The van der Waals surface area contributed by atoms with Gasteiger partial charge in [0.1, 0.15) is 5.75 Å². The Hall–Kier alpha value is -2.86. The molecular weight excluding hydrogens is 322 g/mol. The summed E-state index contributed by atoms with van der Waals surface area (Å²) in [5, 5.41) is 9.72. The summed E-state index contributed by atoms with van der Waals surface area (Å²) in [5.74, 6) is 0.747. The molecule has 0 atom stereocenters. The molecule has 3 rings (SSSR count). The smallest absolute Gasteiger partial charge is 0.319 e. The average molecular weight is 339 g/mol. The Morgan fingerprint density at radius 2 is 2.00 bits per heavy atom. The van der Waals surface area contributed by atoms with Gasteiger partial charge >= 0.3 is 6.03 Å². The standard InChI is InChI=1S/C18H17N3O2S/c1-23-17-4-2-16(3-5-17)21-18(22)20-10-13-8-15(11-19-9-13)14-6-7-24-12-14/h2-9,11-12H,10H2,1H3,(H2,20,21,22). The number of rotatable bonds is 5. The lowest BCUT2D eigenvalue weighted by molar-refractivity contribution is 0.251. The fourth-order valence-electron chi connectivity index (χ4n) is 2.20. The molecule has 24 heavy (non-hydrogen) atoms. The normalized spacial score (nSPS) is 10.2. The van der Waals surface area contributed by atoms with Crippen molar-refractivity contribution in [2.45, 2.75) is 6.54 Å². The SMILES string of the molecule is COc1ccc(NC(=O)NCc2cncc(-c3ccsc3)c2)cc1. The minimum Gasteiger partial charge on any atom is -0.497 e. The molecule has 122 valence electrons. The van der Waals surface area contributed by atoms with Gasteiger partial charge in [-0.2, -0.15) is 11.3 Å². The topological polar surface area (TPSA) is 63.2 Å². The van der Waals surface area contributed by atoms with Gasteiger partial charge in [-0.3, -0.25) is 4.98 Å². The second kappa shape index (κ2) is 7.61. The molecule has 0 aliphatic carbocycles. The molecule has 5 nitrogen and oxygen atoms in total. The van der Waals surface area contributed by atoms with Crippen LogP contribution in [0.5, 0.6) is 5.75 Å². The lowest BCUT2D eigenvalue weighted by atomic mass is 10.1. The Bertz CT molecular complexity index is 801. The molecule has 0 aliphatic rings. The van der Waals surface area contributed by atoms with Crippen LogP contribution >= 0.6 is 11.3 Å². The highest BCUT2D eigenvalue weighted by Gasteiger charge is 2.04. The molecule has 0 fully saturated rings. The van der Waals surface area contributed by atoms with E-state index in [9.17, 15) is 4.79 Å². The van der Waals surface area contributed by atoms with Gasteiger partial charge in [-0.05, 0) is 58.3 Å². The van der Waals surface area contributed by atoms with Crippen LogP contribution < -0.4 is 15.4 Å². The first-order chi connectivity index (χ1) is 11.7. The predicted octanol–water partition coefficient (Wildman–Crippen LogP) is 4.14. The summed E-state index contributed by atoms with van der Waals surface area (Å²) >= 11 is 1.65. The summed E-state index contributed by atoms with van der Waals surface area (Å²) in [4.78, 5) is 16.2. The predicted molar refractivity (Wildman–Crippen MR) is 96.4 cm³/mol. The Morgan fingerprint density at radius 1 is 1.17 bits per heavy atom. The molecule has 2 heterocycles. The number of methoxy groups -OCH3 is 1. The largest absolute Gasteiger partial charge is 0.497 e. The molecule has 0 spiro atoms. The van der Waals surface area contributed by atoms with E-state index in [0.717, 1.165) is 22.4 Å². The molecule has 0 bridgehead atoms. The number of urea groups is 1. The van der Waals surface area contributed by atoms with Crippen molar-refractivity contribution in [2.24, 2.45) is 0 Å². The maximum atomic E-state index is 12.0. The number of hydrogen-bond donors (Lipinski definition) is 2. The summed E-state index contributed by atoms with van der Waals surface area (Å²) < 4.78 is 5.09. The molecule has 3 aromatic rings. The minimum atomic E-state index is -0.263. The maximum absolute atomic E-state index is 12.0. The third-order valence-electron chi connectivity index (χ3n) is 3.45. The van der Waals surface area contributed by atoms with Gasteiger partial charge in [0.25, 0.3) is 0 Å². The molecule has 0 saturated carbocycles. The van der Waals surface area contributed by atoms with Crippen LogP contribution in [0.2, 0.25) is 0 Å². The minimum absolute atomic E-state index is 0.263. The van der Waals surface area contributed by atoms with E-state index in [4.69, 9.17) is 4.74 Å². The van der Waals surface area contributed by atoms with Crippen molar-refractivity contribution < 1.29 is 9.53 Å². The molecule has 6 heteroatoms. The second-order valence-corrected chi connectivity index (χ2v) is 5.91. The summed E-state index contributed by atoms with van der Waals surface area (Å²) in [5.41, 5.74) is 3.84. The molecule has 1 aromatic carbocycles. The zero-order chi connectivity index (χ0) is 16.8. The zero-order valence-corrected chi connectivity index (χ0v) is 14.0. The van der Waals surface area contributed by atoms with Crippen molar-refractivity contribution in [3.63, 3.8) is 0 Å². The summed E-state index contributed by atoms with van der Waals surface area (Å²) in [6, 6.07) is 11.0. The van der Waals surface area contributed by atoms with Crippen LogP contribution in [0.1, 0.15) is 5.56 Å². The van der Waals surface area contributed by atoms with E-state index in [2.05, 4.69) is 27.1 Å². The number of amides is 2. The van der Waals surface area contributed by atoms with Gasteiger partial charge in [0, 0.05) is 30.2 Å². The van der Waals surface area contributed by atoms with Gasteiger partial charge in [-0.1, -0.05) is 0 Å². The summed E-state index contributed by atoms with van der Waals surface area (Å²) in [6.45, 7) is 0.410. The van der Waals surface area contributed by atoms with E-state index in [-0.39, 0.29) is 6.03 Å². The number of ether oxygens (including phenoxy) is 1. The first-order valence-electron chi connectivity index (χ1n) is 7.40. The highest BCUT2D eigenvalue weighted by Crippen LogP contribution is 2.22. The third-order valence-corrected chi connectivity index (χ3v) is 4.13. The van der Waals surface area contributed by atoms with Crippen LogP contribution in [0.3, 0.4) is 0 Å². The number of benzene rings is 1. The van der Waals surface area contributed by atoms with Gasteiger partial charge in [-0.15, -0.1) is 0 Å². The van der Waals surface area contributed by atoms with E-state index >= 15 is 0 Å². The fourth-order valence-corrected chi connectivity index (χ4v) is 2.87. The van der Waals surface area contributed by atoms with Gasteiger partial charge in [0.15, 0.2) is 0 Å². The van der Waals surface area contributed by atoms with E-state index in [0.29, 0.717) is 12.2 Å². The van der Waals surface area contributed by atoms with Crippen molar-refractivity contribution in [1.82, 2.24) is 10.3 Å². The Labute approximate surface area is 144 Å². The maximum Gasteiger partial charge on any atom is 0.319 e. The highest BCUT2D eigenvalue weighted by molar-refractivity contribution is 7.08. The number of aromatic nitrogens is 1. The van der Waals surface area contributed by atoms with Gasteiger partial charge in [0.05, 0.1) is 7.11 Å². The second-order valence-electron chi connectivity index (χ2n) is 5.13. The number of thiophene rings is 1. The molecule has 0 saturated heterocycles. The lowest BCUT2D eigenvalue weighted by Crippen LogP contribution is -2.28. The monoisotopic (exact) mass is 339 g/mol. The van der Waals surface area contributed by atoms with Gasteiger partial charge in [-0.25, -0.2) is 4.79 Å². The van der Waals surface area contributed by atoms with Crippen LogP contribution in [0, 0.1) is 0 Å². The number of pyridine rings is 1. The number of nitrogens with one attached hydrogen (secondary N) is 2. The molecule has 2 aromatic heterocycles. The first-order valence-corrected chi connectivity index (χ1v) is 8.34. The molecule has 2 amide bonds. The molecule has 2 N–H and O–H groups in total. The zero-order valence-electron chi connectivity index (χ0n) is 13.2. The highest BCUT2D eigenvalue weighted by atomic mass is 32.1. The Morgan fingerprint density at radius 3 is 2.71 bits per heavy atom. The quantitative estimate of drug-likeness (QED) is 0.734. The van der Waals surface area contributed by atoms with E-state index in [1.54, 1.807) is 48.9 Å². The van der Waals surface area contributed by atoms with Crippen molar-refractivity contribution >= 4 is 23.1 Å². The van der Waals surface area contributed by atoms with E-state index in [1.807, 2.05) is 17.6 Å².